The third-order valence-corrected chi connectivity index (χ3v) is 10.2. The number of halogens is 1. The summed E-state index contributed by atoms with van der Waals surface area (Å²) in [6.07, 6.45) is 1.56. The summed E-state index contributed by atoms with van der Waals surface area (Å²) >= 11 is 0. The molecule has 0 radical (unpaired) electrons. The van der Waals surface area contributed by atoms with Gasteiger partial charge < -0.3 is 14.9 Å². The van der Waals surface area contributed by atoms with Crippen LogP contribution in [0, 0.1) is 34.5 Å². The topological polar surface area (TPSA) is 101 Å². The second-order valence-electron chi connectivity index (χ2n) is 11.3. The number of hydrogen-bond acceptors (Lipinski definition) is 6. The Bertz CT molecular complexity index is 829. The molecule has 0 aromatic carbocycles. The van der Waals surface area contributed by atoms with E-state index in [1.807, 2.05) is 20.8 Å². The molecule has 9 atom stereocenters. The van der Waals surface area contributed by atoms with Gasteiger partial charge in [-0.2, -0.15) is 0 Å². The summed E-state index contributed by atoms with van der Waals surface area (Å²) in [5.41, 5.74) is -5.24. The van der Waals surface area contributed by atoms with Crippen LogP contribution in [-0.4, -0.2) is 51.7 Å². The van der Waals surface area contributed by atoms with Crippen LogP contribution in [0.15, 0.2) is 0 Å². The number of aliphatic hydroxyl groups is 2. The van der Waals surface area contributed by atoms with Gasteiger partial charge in [0.2, 0.25) is 5.78 Å². The average Bonchev–Trinajstić information content (AvgIpc) is 2.96. The minimum atomic E-state index is -1.87. The maximum absolute atomic E-state index is 17.3. The van der Waals surface area contributed by atoms with E-state index in [1.165, 1.54) is 0 Å². The number of Topliss-reactive ketones (excluding diaryl/α,β-unsaturated/α-hetero) is 2. The Morgan fingerprint density at radius 2 is 1.88 bits per heavy atom. The molecule has 4 saturated carbocycles. The molecule has 0 aromatic rings. The normalized spacial score (nSPS) is 50.2. The zero-order valence-corrected chi connectivity index (χ0v) is 19.7. The van der Waals surface area contributed by atoms with Crippen LogP contribution < -0.4 is 0 Å². The Morgan fingerprint density at radius 3 is 2.50 bits per heavy atom. The first kappa shape index (κ1) is 23.8. The molecule has 4 rings (SSSR count). The molecule has 6 nitrogen and oxygen atoms in total. The first-order valence-electron chi connectivity index (χ1n) is 12.2. The van der Waals surface area contributed by atoms with Crippen LogP contribution in [0.25, 0.3) is 0 Å². The Balaban J connectivity index is 1.81. The van der Waals surface area contributed by atoms with Gasteiger partial charge in [0, 0.05) is 36.0 Å². The highest BCUT2D eigenvalue weighted by atomic mass is 19.1. The largest absolute Gasteiger partial charge is 0.450 e. The molecule has 180 valence electrons. The number of aliphatic hydroxyl groups excluding tert-OH is 2. The van der Waals surface area contributed by atoms with Crippen LogP contribution in [0.3, 0.4) is 0 Å². The molecule has 0 heterocycles. The number of ether oxygens (including phenoxy) is 1. The first-order chi connectivity index (χ1) is 14.9. The van der Waals surface area contributed by atoms with Crippen molar-refractivity contribution in [3.8, 4) is 0 Å². The highest BCUT2D eigenvalue weighted by Crippen LogP contribution is 2.72. The molecule has 0 aliphatic heterocycles. The van der Waals surface area contributed by atoms with E-state index in [2.05, 4.69) is 0 Å². The fourth-order valence-corrected chi connectivity index (χ4v) is 8.61. The summed E-state index contributed by atoms with van der Waals surface area (Å²) in [4.78, 5) is 37.7. The molecule has 4 aliphatic carbocycles. The van der Waals surface area contributed by atoms with E-state index in [4.69, 9.17) is 4.74 Å². The van der Waals surface area contributed by atoms with Crippen molar-refractivity contribution in [2.24, 2.45) is 34.5 Å². The predicted molar refractivity (Wildman–Crippen MR) is 114 cm³/mol. The van der Waals surface area contributed by atoms with E-state index in [0.29, 0.717) is 38.5 Å². The lowest BCUT2D eigenvalue weighted by Crippen LogP contribution is -2.71. The molecule has 4 fully saturated rings. The van der Waals surface area contributed by atoms with Crippen LogP contribution in [-0.2, 0) is 19.1 Å². The summed E-state index contributed by atoms with van der Waals surface area (Å²) in [5.74, 6) is -2.21. The highest BCUT2D eigenvalue weighted by Gasteiger charge is 2.77. The summed E-state index contributed by atoms with van der Waals surface area (Å²) in [6.45, 7) is 6.43. The van der Waals surface area contributed by atoms with Crippen LogP contribution in [0.1, 0.15) is 79.1 Å². The Morgan fingerprint density at radius 1 is 1.19 bits per heavy atom. The second kappa shape index (κ2) is 7.59. The van der Waals surface area contributed by atoms with Crippen LogP contribution in [0.4, 0.5) is 4.39 Å². The van der Waals surface area contributed by atoms with Gasteiger partial charge in [-0.25, -0.2) is 4.39 Å². The smallest absolute Gasteiger partial charge is 0.306 e. The lowest BCUT2D eigenvalue weighted by atomic mass is 9.42. The van der Waals surface area contributed by atoms with Crippen LogP contribution in [0.2, 0.25) is 0 Å². The fraction of sp³-hybridized carbons (Fsp3) is 0.880. The third kappa shape index (κ3) is 2.73. The lowest BCUT2D eigenvalue weighted by molar-refractivity contribution is -0.257. The quantitative estimate of drug-likeness (QED) is 0.636. The molecule has 0 saturated heterocycles. The number of rotatable bonds is 4. The summed E-state index contributed by atoms with van der Waals surface area (Å²) < 4.78 is 23.1. The van der Waals surface area contributed by atoms with Crippen molar-refractivity contribution >= 4 is 17.5 Å². The third-order valence-electron chi connectivity index (χ3n) is 10.2. The maximum atomic E-state index is 17.3. The van der Waals surface area contributed by atoms with Crippen molar-refractivity contribution in [3.05, 3.63) is 0 Å². The van der Waals surface area contributed by atoms with Gasteiger partial charge in [-0.15, -0.1) is 0 Å². The van der Waals surface area contributed by atoms with Crippen molar-refractivity contribution in [2.45, 2.75) is 96.4 Å². The van der Waals surface area contributed by atoms with E-state index < -0.39 is 58.4 Å². The SMILES string of the molecule is CCC(=O)O[C@]1(C(=O)CO)[C@@H](C)C[C@H]2[C@@H]3CC[C@@H]4CC(=O)CC[C@]4(C)[C@@]3(F)[C@@H](O)C[C@@]21C. The van der Waals surface area contributed by atoms with Crippen molar-refractivity contribution < 1.29 is 33.7 Å². The van der Waals surface area contributed by atoms with Crippen molar-refractivity contribution in [1.29, 1.82) is 0 Å². The first-order valence-corrected chi connectivity index (χ1v) is 12.2. The van der Waals surface area contributed by atoms with Gasteiger partial charge in [-0.1, -0.05) is 27.7 Å². The van der Waals surface area contributed by atoms with Gasteiger partial charge >= 0.3 is 5.97 Å². The Labute approximate surface area is 189 Å². The van der Waals surface area contributed by atoms with Gasteiger partial charge in [0.15, 0.2) is 5.60 Å². The summed E-state index contributed by atoms with van der Waals surface area (Å²) in [7, 11) is 0. The fourth-order valence-electron chi connectivity index (χ4n) is 8.61. The van der Waals surface area contributed by atoms with Crippen molar-refractivity contribution in [3.63, 3.8) is 0 Å². The van der Waals surface area contributed by atoms with E-state index in [0.717, 1.165) is 0 Å². The lowest BCUT2D eigenvalue weighted by Gasteiger charge is -2.65. The van der Waals surface area contributed by atoms with Crippen molar-refractivity contribution in [1.82, 2.24) is 0 Å². The van der Waals surface area contributed by atoms with Crippen LogP contribution in [0.5, 0.6) is 0 Å². The summed E-state index contributed by atoms with van der Waals surface area (Å²) in [6, 6.07) is 0. The number of esters is 1. The van der Waals surface area contributed by atoms with Gasteiger partial charge in [-0.05, 0) is 49.9 Å². The van der Waals surface area contributed by atoms with Gasteiger partial charge in [0.25, 0.3) is 0 Å². The molecule has 0 unspecified atom stereocenters. The Hall–Kier alpha value is -1.34. The minimum absolute atomic E-state index is 0.0198. The molecule has 32 heavy (non-hydrogen) atoms. The van der Waals surface area contributed by atoms with Crippen molar-refractivity contribution in [2.75, 3.05) is 6.61 Å². The number of hydrogen-bond donors (Lipinski definition) is 2. The van der Waals surface area contributed by atoms with Gasteiger partial charge in [0.05, 0.1) is 6.10 Å². The zero-order chi connectivity index (χ0) is 23.7. The number of alkyl halides is 1. The maximum Gasteiger partial charge on any atom is 0.306 e. The highest BCUT2D eigenvalue weighted by molar-refractivity contribution is 5.92. The average molecular weight is 453 g/mol. The minimum Gasteiger partial charge on any atom is -0.450 e. The number of carbonyl (C=O) groups excluding carboxylic acids is 3. The zero-order valence-electron chi connectivity index (χ0n) is 19.7. The number of ketones is 2. The molecule has 0 bridgehead atoms. The van der Waals surface area contributed by atoms with Gasteiger partial charge in [-0.3, -0.25) is 14.4 Å². The van der Waals surface area contributed by atoms with Crippen LogP contribution >= 0.6 is 0 Å². The molecule has 4 aliphatic rings. The number of fused-ring (bicyclic) bond motifs is 5. The monoisotopic (exact) mass is 452 g/mol. The standard InChI is InChI=1S/C25H37FO6/c1-5-21(31)32-25(20(30)13-27)14(2)10-18-17-7-6-15-11-16(28)8-9-22(15,3)24(17,26)19(29)12-23(18,25)4/h14-15,17-19,27,29H,5-13H2,1-4H3/t14-,15+,17-,18-,19-,22-,23-,24-,25-/m0/s1. The van der Waals surface area contributed by atoms with E-state index in [1.54, 1.807) is 6.92 Å². The molecule has 2 N–H and O–H groups in total. The summed E-state index contributed by atoms with van der Waals surface area (Å²) in [5, 5.41) is 21.3. The predicted octanol–water partition coefficient (Wildman–Crippen LogP) is 3.16. The molecule has 0 aromatic heterocycles. The second-order valence-corrected chi connectivity index (χ2v) is 11.3. The molecule has 0 spiro atoms. The van der Waals surface area contributed by atoms with E-state index >= 15 is 4.39 Å². The molecule has 7 heteroatoms. The molecular formula is C25H37FO6. The van der Waals surface area contributed by atoms with E-state index in [-0.39, 0.29) is 30.5 Å². The molecular weight excluding hydrogens is 415 g/mol. The van der Waals surface area contributed by atoms with Gasteiger partial charge in [0.1, 0.15) is 18.1 Å². The number of carbonyl (C=O) groups is 3. The van der Waals surface area contributed by atoms with E-state index in [9.17, 15) is 24.6 Å². The Kier molecular flexibility index (Phi) is 5.65. The molecule has 0 amide bonds.